The molecule has 1 aromatic carbocycles. The van der Waals surface area contributed by atoms with Crippen molar-refractivity contribution in [3.63, 3.8) is 0 Å². The lowest BCUT2D eigenvalue weighted by Crippen LogP contribution is -2.49. The van der Waals surface area contributed by atoms with Gasteiger partial charge in [0.15, 0.2) is 0 Å². The van der Waals surface area contributed by atoms with E-state index in [0.29, 0.717) is 17.3 Å². The van der Waals surface area contributed by atoms with Crippen LogP contribution in [0.1, 0.15) is 30.3 Å². The van der Waals surface area contributed by atoms with E-state index >= 15 is 0 Å². The number of benzene rings is 1. The summed E-state index contributed by atoms with van der Waals surface area (Å²) in [6.45, 7) is 2.35. The molecule has 5 nitrogen and oxygen atoms in total. The minimum absolute atomic E-state index is 0.0622. The predicted molar refractivity (Wildman–Crippen MR) is 90.3 cm³/mol. The van der Waals surface area contributed by atoms with Crippen molar-refractivity contribution in [2.75, 3.05) is 6.54 Å². The number of fused-ring (bicyclic) bond motifs is 1. The van der Waals surface area contributed by atoms with Crippen molar-refractivity contribution in [3.8, 4) is 0 Å². The summed E-state index contributed by atoms with van der Waals surface area (Å²) >= 11 is 6.46. The number of aryl methyl sites for hydroxylation is 1. The van der Waals surface area contributed by atoms with E-state index in [2.05, 4.69) is 0 Å². The molecule has 2 unspecified atom stereocenters. The van der Waals surface area contributed by atoms with Crippen LogP contribution in [0.2, 0.25) is 5.02 Å². The zero-order valence-electron chi connectivity index (χ0n) is 13.3. The first-order valence-electron chi connectivity index (χ1n) is 7.75. The molecular weight excluding hydrogens is 314 g/mol. The molecule has 6 heteroatoms. The van der Waals surface area contributed by atoms with E-state index in [4.69, 9.17) is 17.3 Å². The van der Waals surface area contributed by atoms with Crippen molar-refractivity contribution in [1.82, 2.24) is 9.47 Å². The van der Waals surface area contributed by atoms with Gasteiger partial charge in [-0.3, -0.25) is 9.59 Å². The molecule has 0 radical (unpaired) electrons. The highest BCUT2D eigenvalue weighted by Crippen LogP contribution is 2.32. The maximum absolute atomic E-state index is 13.1. The number of nitrogens with two attached hydrogens (primary N) is 1. The van der Waals surface area contributed by atoms with Crippen LogP contribution in [0.5, 0.6) is 0 Å². The highest BCUT2D eigenvalue weighted by Gasteiger charge is 2.34. The lowest BCUT2D eigenvalue weighted by molar-refractivity contribution is -0.123. The molecule has 23 heavy (non-hydrogen) atoms. The van der Waals surface area contributed by atoms with Crippen molar-refractivity contribution in [1.29, 1.82) is 0 Å². The van der Waals surface area contributed by atoms with Gasteiger partial charge in [0.05, 0.1) is 10.9 Å². The Bertz CT molecular complexity index is 744. The van der Waals surface area contributed by atoms with Crippen molar-refractivity contribution >= 4 is 34.3 Å². The number of rotatable bonds is 2. The second kappa shape index (κ2) is 5.89. The number of likely N-dealkylation sites (tertiary alicyclic amines) is 1. The van der Waals surface area contributed by atoms with E-state index in [9.17, 15) is 9.59 Å². The van der Waals surface area contributed by atoms with Crippen molar-refractivity contribution < 1.29 is 9.59 Å². The summed E-state index contributed by atoms with van der Waals surface area (Å²) < 4.78 is 1.82. The molecule has 2 amide bonds. The SMILES string of the molecule is CC1CCC(C(N)=O)CN1C(=O)c1c(Cl)c2ccccc2n1C. The molecule has 122 valence electrons. The number of primary amides is 1. The van der Waals surface area contributed by atoms with Crippen LogP contribution in [-0.4, -0.2) is 33.9 Å². The minimum atomic E-state index is -0.349. The van der Waals surface area contributed by atoms with Crippen molar-refractivity contribution in [2.45, 2.75) is 25.8 Å². The van der Waals surface area contributed by atoms with Gasteiger partial charge < -0.3 is 15.2 Å². The number of para-hydroxylation sites is 1. The molecule has 0 bridgehead atoms. The van der Waals surface area contributed by atoms with Gasteiger partial charge in [-0.25, -0.2) is 0 Å². The standard InChI is InChI=1S/C17H20ClN3O2/c1-10-7-8-11(16(19)22)9-21(10)17(23)15-14(18)12-5-3-4-6-13(12)20(15)2/h3-6,10-11H,7-9H2,1-2H3,(H2,19,22). The van der Waals surface area contributed by atoms with Gasteiger partial charge in [0, 0.05) is 30.5 Å². The first-order valence-corrected chi connectivity index (χ1v) is 8.12. The van der Waals surface area contributed by atoms with Crippen LogP contribution in [0.15, 0.2) is 24.3 Å². The van der Waals surface area contributed by atoms with Crippen LogP contribution >= 0.6 is 11.6 Å². The Labute approximate surface area is 140 Å². The minimum Gasteiger partial charge on any atom is -0.369 e. The Morgan fingerprint density at radius 1 is 1.26 bits per heavy atom. The number of aromatic nitrogens is 1. The van der Waals surface area contributed by atoms with Crippen LogP contribution in [-0.2, 0) is 11.8 Å². The average Bonchev–Trinajstić information content (AvgIpc) is 2.79. The summed E-state index contributed by atoms with van der Waals surface area (Å²) in [6, 6.07) is 7.71. The zero-order chi connectivity index (χ0) is 16.7. The quantitative estimate of drug-likeness (QED) is 0.917. The molecular formula is C17H20ClN3O2. The van der Waals surface area contributed by atoms with E-state index in [0.717, 1.165) is 23.7 Å². The van der Waals surface area contributed by atoms with E-state index in [1.165, 1.54) is 0 Å². The molecule has 3 rings (SSSR count). The number of piperidine rings is 1. The smallest absolute Gasteiger partial charge is 0.272 e. The van der Waals surface area contributed by atoms with E-state index < -0.39 is 0 Å². The molecule has 0 aliphatic carbocycles. The fraction of sp³-hybridized carbons (Fsp3) is 0.412. The summed E-state index contributed by atoms with van der Waals surface area (Å²) in [5.41, 5.74) is 6.80. The van der Waals surface area contributed by atoms with Crippen molar-refractivity contribution in [2.24, 2.45) is 18.7 Å². The van der Waals surface area contributed by atoms with Gasteiger partial charge in [0.1, 0.15) is 5.69 Å². The Kier molecular flexibility index (Phi) is 4.06. The Balaban J connectivity index is 2.01. The third kappa shape index (κ3) is 2.59. The lowest BCUT2D eigenvalue weighted by Gasteiger charge is -2.37. The van der Waals surface area contributed by atoms with Crippen LogP contribution in [0, 0.1) is 5.92 Å². The maximum Gasteiger partial charge on any atom is 0.272 e. The van der Waals surface area contributed by atoms with Crippen LogP contribution in [0.4, 0.5) is 0 Å². The topological polar surface area (TPSA) is 68.3 Å². The average molecular weight is 334 g/mol. The molecule has 1 aromatic heterocycles. The third-order valence-electron chi connectivity index (χ3n) is 4.79. The molecule has 2 atom stereocenters. The van der Waals surface area contributed by atoms with Crippen molar-refractivity contribution in [3.05, 3.63) is 35.0 Å². The van der Waals surface area contributed by atoms with E-state index in [-0.39, 0.29) is 23.8 Å². The van der Waals surface area contributed by atoms with Crippen LogP contribution in [0.25, 0.3) is 10.9 Å². The first kappa shape index (κ1) is 15.9. The monoisotopic (exact) mass is 333 g/mol. The highest BCUT2D eigenvalue weighted by molar-refractivity contribution is 6.38. The molecule has 2 N–H and O–H groups in total. The third-order valence-corrected chi connectivity index (χ3v) is 5.18. The summed E-state index contributed by atoms with van der Waals surface area (Å²) in [4.78, 5) is 26.3. The number of carbonyl (C=O) groups is 2. The number of hydrogen-bond acceptors (Lipinski definition) is 2. The number of nitrogens with zero attached hydrogens (tertiary/aromatic N) is 2. The van der Waals surface area contributed by atoms with Crippen LogP contribution in [0.3, 0.4) is 0 Å². The normalized spacial score (nSPS) is 21.6. The Morgan fingerprint density at radius 2 is 1.96 bits per heavy atom. The summed E-state index contributed by atoms with van der Waals surface area (Å²) in [7, 11) is 1.83. The molecule has 0 saturated carbocycles. The first-order chi connectivity index (χ1) is 10.9. The van der Waals surface area contributed by atoms with Gasteiger partial charge in [0.25, 0.3) is 5.91 Å². The second-order valence-electron chi connectivity index (χ2n) is 6.22. The zero-order valence-corrected chi connectivity index (χ0v) is 14.0. The maximum atomic E-state index is 13.1. The summed E-state index contributed by atoms with van der Waals surface area (Å²) in [6.07, 6.45) is 1.49. The van der Waals surface area contributed by atoms with Gasteiger partial charge in [-0.2, -0.15) is 0 Å². The van der Waals surface area contributed by atoms with E-state index in [1.807, 2.05) is 42.8 Å². The summed E-state index contributed by atoms with van der Waals surface area (Å²) in [5, 5.41) is 1.32. The van der Waals surface area contributed by atoms with Crippen LogP contribution < -0.4 is 5.73 Å². The van der Waals surface area contributed by atoms with E-state index in [1.54, 1.807) is 4.90 Å². The molecule has 0 spiro atoms. The predicted octanol–water partition coefficient (Wildman–Crippen LogP) is 2.56. The largest absolute Gasteiger partial charge is 0.369 e. The van der Waals surface area contributed by atoms with Gasteiger partial charge in [-0.15, -0.1) is 0 Å². The molecule has 1 fully saturated rings. The Morgan fingerprint density at radius 3 is 2.61 bits per heavy atom. The fourth-order valence-corrected chi connectivity index (χ4v) is 3.71. The molecule has 1 aliphatic rings. The number of halogens is 1. The second-order valence-corrected chi connectivity index (χ2v) is 6.60. The fourth-order valence-electron chi connectivity index (χ4n) is 3.34. The van der Waals surface area contributed by atoms with Gasteiger partial charge >= 0.3 is 0 Å². The molecule has 2 heterocycles. The number of carbonyl (C=O) groups excluding carboxylic acids is 2. The lowest BCUT2D eigenvalue weighted by atomic mass is 9.92. The highest BCUT2D eigenvalue weighted by atomic mass is 35.5. The molecule has 1 aliphatic heterocycles. The summed E-state index contributed by atoms with van der Waals surface area (Å²) in [5.74, 6) is -0.784. The van der Waals surface area contributed by atoms with Gasteiger partial charge in [0.2, 0.25) is 5.91 Å². The number of hydrogen-bond donors (Lipinski definition) is 1. The van der Waals surface area contributed by atoms with Gasteiger partial charge in [-0.05, 0) is 25.8 Å². The molecule has 2 aromatic rings. The molecule has 1 saturated heterocycles. The number of amides is 2. The Hall–Kier alpha value is -2.01. The van der Waals surface area contributed by atoms with Gasteiger partial charge in [-0.1, -0.05) is 29.8 Å².